The standard InChI is InChI=1S/C27H44N6/c1-5-9-21(7-3)12-15-29-13-8-14-30-17-22-10-11-23(16-22)33-18-24(20(4)6-2)25-26(28)31-19-32-27(25)33/h7,9,18-20,22-23,29-30H,3,5-6,8,10-17H2,1-2,4H3,(H2,28,31,32)/b21-9+/t20?,22-,23+/m1/s1. The van der Waals surface area contributed by atoms with Gasteiger partial charge in [0.1, 0.15) is 17.8 Å². The molecule has 3 atom stereocenters. The smallest absolute Gasteiger partial charge is 0.146 e. The van der Waals surface area contributed by atoms with Gasteiger partial charge in [-0.05, 0) is 88.5 Å². The second kappa shape index (κ2) is 12.9. The van der Waals surface area contributed by atoms with E-state index < -0.39 is 0 Å². The average Bonchev–Trinajstić information content (AvgIpc) is 3.45. The fourth-order valence-corrected chi connectivity index (χ4v) is 5.05. The van der Waals surface area contributed by atoms with Gasteiger partial charge in [0.25, 0.3) is 0 Å². The van der Waals surface area contributed by atoms with Crippen molar-refractivity contribution in [3.8, 4) is 0 Å². The van der Waals surface area contributed by atoms with E-state index in [2.05, 4.69) is 64.8 Å². The number of nitrogens with zero attached hydrogens (tertiary/aromatic N) is 3. The molecule has 1 aliphatic rings. The number of hydrogen-bond donors (Lipinski definition) is 3. The quantitative estimate of drug-likeness (QED) is 0.266. The Balaban J connectivity index is 1.42. The highest BCUT2D eigenvalue weighted by molar-refractivity contribution is 5.90. The Morgan fingerprint density at radius 1 is 1.24 bits per heavy atom. The maximum absolute atomic E-state index is 6.26. The number of nitrogens with one attached hydrogen (secondary N) is 2. The van der Waals surface area contributed by atoms with E-state index in [9.17, 15) is 0 Å². The second-order valence-electron chi connectivity index (χ2n) is 9.54. The fraction of sp³-hybridized carbons (Fsp3) is 0.630. The van der Waals surface area contributed by atoms with Crippen molar-refractivity contribution in [2.45, 2.75) is 77.7 Å². The molecule has 6 nitrogen and oxygen atoms in total. The summed E-state index contributed by atoms with van der Waals surface area (Å²) in [6.45, 7) is 14.8. The lowest BCUT2D eigenvalue weighted by molar-refractivity contribution is 0.451. The third-order valence-electron chi connectivity index (χ3n) is 7.18. The van der Waals surface area contributed by atoms with E-state index in [1.807, 2.05) is 6.08 Å². The van der Waals surface area contributed by atoms with Crippen LogP contribution in [-0.2, 0) is 0 Å². The molecule has 4 N–H and O–H groups in total. The number of fused-ring (bicyclic) bond motifs is 1. The van der Waals surface area contributed by atoms with Crippen LogP contribution in [0.4, 0.5) is 5.82 Å². The SMILES string of the molecule is C=C/C(=C\CC)CCNCCCNC[C@@H]1CC[C@H](n2cc(C(C)CC)c3c(N)ncnc32)C1. The Labute approximate surface area is 200 Å². The molecule has 1 fully saturated rings. The molecule has 0 spiro atoms. The van der Waals surface area contributed by atoms with Crippen LogP contribution in [0.5, 0.6) is 0 Å². The minimum Gasteiger partial charge on any atom is -0.383 e. The molecule has 0 aliphatic heterocycles. The van der Waals surface area contributed by atoms with E-state index in [1.165, 1.54) is 30.4 Å². The molecule has 182 valence electrons. The molecular formula is C27H44N6. The first kappa shape index (κ1) is 25.4. The lowest BCUT2D eigenvalue weighted by Crippen LogP contribution is -2.26. The third-order valence-corrected chi connectivity index (χ3v) is 7.18. The number of hydrogen-bond acceptors (Lipinski definition) is 5. The molecule has 0 amide bonds. The summed E-state index contributed by atoms with van der Waals surface area (Å²) >= 11 is 0. The molecule has 1 unspecified atom stereocenters. The van der Waals surface area contributed by atoms with E-state index in [1.54, 1.807) is 6.33 Å². The van der Waals surface area contributed by atoms with Gasteiger partial charge in [0.15, 0.2) is 0 Å². The second-order valence-corrected chi connectivity index (χ2v) is 9.54. The third kappa shape index (κ3) is 6.67. The van der Waals surface area contributed by atoms with Crippen LogP contribution < -0.4 is 16.4 Å². The predicted molar refractivity (Wildman–Crippen MR) is 141 cm³/mol. The highest BCUT2D eigenvalue weighted by Gasteiger charge is 2.28. The normalized spacial score (nSPS) is 19.9. The van der Waals surface area contributed by atoms with E-state index in [4.69, 9.17) is 5.73 Å². The van der Waals surface area contributed by atoms with Gasteiger partial charge in [0.05, 0.1) is 5.39 Å². The monoisotopic (exact) mass is 452 g/mol. The summed E-state index contributed by atoms with van der Waals surface area (Å²) in [6, 6.07) is 0.503. The average molecular weight is 453 g/mol. The van der Waals surface area contributed by atoms with Crippen molar-refractivity contribution < 1.29 is 0 Å². The van der Waals surface area contributed by atoms with Crippen LogP contribution in [0.3, 0.4) is 0 Å². The summed E-state index contributed by atoms with van der Waals surface area (Å²) in [7, 11) is 0. The van der Waals surface area contributed by atoms with Crippen LogP contribution in [0, 0.1) is 5.92 Å². The van der Waals surface area contributed by atoms with Crippen molar-refractivity contribution in [1.29, 1.82) is 0 Å². The van der Waals surface area contributed by atoms with Crippen molar-refractivity contribution in [3.63, 3.8) is 0 Å². The van der Waals surface area contributed by atoms with Gasteiger partial charge in [-0.1, -0.05) is 45.1 Å². The Morgan fingerprint density at radius 3 is 2.82 bits per heavy atom. The molecule has 2 aromatic heterocycles. The molecule has 3 rings (SSSR count). The van der Waals surface area contributed by atoms with Crippen molar-refractivity contribution in [1.82, 2.24) is 25.2 Å². The van der Waals surface area contributed by atoms with Crippen molar-refractivity contribution in [3.05, 3.63) is 42.4 Å². The first-order valence-electron chi connectivity index (χ1n) is 12.9. The van der Waals surface area contributed by atoms with Gasteiger partial charge in [-0.15, -0.1) is 0 Å². The molecule has 2 heterocycles. The molecule has 0 saturated heterocycles. The summed E-state index contributed by atoms with van der Waals surface area (Å²) in [5, 5.41) is 8.30. The van der Waals surface area contributed by atoms with Crippen LogP contribution in [0.1, 0.15) is 83.2 Å². The number of allylic oxidation sites excluding steroid dienone is 2. The Kier molecular flexibility index (Phi) is 9.95. The number of nitrogen functional groups attached to an aromatic ring is 1. The molecule has 1 saturated carbocycles. The van der Waals surface area contributed by atoms with Gasteiger partial charge in [-0.25, -0.2) is 9.97 Å². The van der Waals surface area contributed by atoms with E-state index >= 15 is 0 Å². The van der Waals surface area contributed by atoms with E-state index in [0.717, 1.165) is 68.8 Å². The Hall–Kier alpha value is -2.18. The molecular weight excluding hydrogens is 408 g/mol. The van der Waals surface area contributed by atoms with Gasteiger partial charge in [0, 0.05) is 12.2 Å². The van der Waals surface area contributed by atoms with Crippen molar-refractivity contribution in [2.75, 3.05) is 31.9 Å². The van der Waals surface area contributed by atoms with Gasteiger partial charge >= 0.3 is 0 Å². The first-order valence-corrected chi connectivity index (χ1v) is 12.9. The van der Waals surface area contributed by atoms with E-state index in [0.29, 0.717) is 17.8 Å². The molecule has 6 heteroatoms. The summed E-state index contributed by atoms with van der Waals surface area (Å²) < 4.78 is 2.39. The Bertz CT molecular complexity index is 915. The summed E-state index contributed by atoms with van der Waals surface area (Å²) in [6.07, 6.45) is 16.2. The minimum absolute atomic E-state index is 0.459. The van der Waals surface area contributed by atoms with Gasteiger partial charge in [-0.3, -0.25) is 0 Å². The number of nitrogens with two attached hydrogens (primary N) is 1. The van der Waals surface area contributed by atoms with Crippen LogP contribution >= 0.6 is 0 Å². The highest BCUT2D eigenvalue weighted by atomic mass is 15.1. The Morgan fingerprint density at radius 2 is 2.06 bits per heavy atom. The maximum Gasteiger partial charge on any atom is 0.146 e. The number of anilines is 1. The van der Waals surface area contributed by atoms with Crippen LogP contribution in [0.15, 0.2) is 36.8 Å². The maximum atomic E-state index is 6.26. The largest absolute Gasteiger partial charge is 0.383 e. The zero-order valence-electron chi connectivity index (χ0n) is 20.9. The zero-order chi connectivity index (χ0) is 23.6. The minimum atomic E-state index is 0.459. The van der Waals surface area contributed by atoms with Crippen molar-refractivity contribution >= 4 is 16.9 Å². The molecule has 2 aromatic rings. The van der Waals surface area contributed by atoms with Gasteiger partial charge in [-0.2, -0.15) is 0 Å². The zero-order valence-corrected chi connectivity index (χ0v) is 20.9. The van der Waals surface area contributed by atoms with Gasteiger partial charge < -0.3 is 20.9 Å². The molecule has 0 bridgehead atoms. The lowest BCUT2D eigenvalue weighted by Gasteiger charge is -2.15. The highest BCUT2D eigenvalue weighted by Crippen LogP contribution is 2.39. The summed E-state index contributed by atoms with van der Waals surface area (Å²) in [5.74, 6) is 1.79. The fourth-order valence-electron chi connectivity index (χ4n) is 5.05. The van der Waals surface area contributed by atoms with Crippen LogP contribution in [0.25, 0.3) is 11.0 Å². The topological polar surface area (TPSA) is 80.8 Å². The first-order chi connectivity index (χ1) is 16.1. The van der Waals surface area contributed by atoms with E-state index in [-0.39, 0.29) is 0 Å². The predicted octanol–water partition coefficient (Wildman–Crippen LogP) is 5.35. The number of rotatable bonds is 14. The van der Waals surface area contributed by atoms with Crippen LogP contribution in [-0.4, -0.2) is 40.7 Å². The van der Waals surface area contributed by atoms with Crippen LogP contribution in [0.2, 0.25) is 0 Å². The summed E-state index contributed by atoms with van der Waals surface area (Å²) in [5.41, 5.74) is 9.92. The van der Waals surface area contributed by atoms with Gasteiger partial charge in [0.2, 0.25) is 0 Å². The molecule has 0 aromatic carbocycles. The van der Waals surface area contributed by atoms with Crippen molar-refractivity contribution in [2.24, 2.45) is 5.92 Å². The molecule has 0 radical (unpaired) electrons. The lowest BCUT2D eigenvalue weighted by atomic mass is 9.99. The summed E-state index contributed by atoms with van der Waals surface area (Å²) in [4.78, 5) is 8.90. The molecule has 1 aliphatic carbocycles. The molecule has 33 heavy (non-hydrogen) atoms. The number of aromatic nitrogens is 3.